The number of rotatable bonds is 5. The van der Waals surface area contributed by atoms with Gasteiger partial charge in [0.1, 0.15) is 5.75 Å². The van der Waals surface area contributed by atoms with E-state index in [-0.39, 0.29) is 6.04 Å². The number of terminal acetylenes is 1. The molecule has 0 bridgehead atoms. The van der Waals surface area contributed by atoms with Gasteiger partial charge in [0.15, 0.2) is 0 Å². The molecule has 2 N–H and O–H groups in total. The molecule has 0 spiro atoms. The molecule has 1 aromatic rings. The summed E-state index contributed by atoms with van der Waals surface area (Å²) in [5.74, 6) is 3.36. The van der Waals surface area contributed by atoms with Crippen molar-refractivity contribution in [1.29, 1.82) is 0 Å². The Balaban J connectivity index is 2.64. The predicted octanol–water partition coefficient (Wildman–Crippen LogP) is 2.74. The van der Waals surface area contributed by atoms with Crippen LogP contribution in [0.15, 0.2) is 22.7 Å². The van der Waals surface area contributed by atoms with Gasteiger partial charge in [-0.3, -0.25) is 0 Å². The molecule has 0 aliphatic carbocycles. The summed E-state index contributed by atoms with van der Waals surface area (Å²) in [6.45, 7) is 2.53. The van der Waals surface area contributed by atoms with Crippen LogP contribution in [0.3, 0.4) is 0 Å². The minimum atomic E-state index is 0.167. The van der Waals surface area contributed by atoms with Crippen LogP contribution in [0.1, 0.15) is 18.9 Å². The standard InChI is InChI=1S/C13H16BrNO/c1-3-4-7-16-13-6-5-11(8-10(2)15)9-12(13)14/h1,5-6,9-10H,4,7-8,15H2,2H3. The fourth-order valence-corrected chi connectivity index (χ4v) is 1.92. The molecular weight excluding hydrogens is 266 g/mol. The van der Waals surface area contributed by atoms with Crippen molar-refractivity contribution < 1.29 is 4.74 Å². The second-order valence-corrected chi connectivity index (χ2v) is 4.60. The maximum absolute atomic E-state index is 5.74. The van der Waals surface area contributed by atoms with Crippen LogP contribution in [0.2, 0.25) is 0 Å². The number of benzene rings is 1. The van der Waals surface area contributed by atoms with Crippen molar-refractivity contribution in [2.24, 2.45) is 5.73 Å². The van der Waals surface area contributed by atoms with Gasteiger partial charge in [-0.25, -0.2) is 0 Å². The molecule has 0 aliphatic rings. The van der Waals surface area contributed by atoms with E-state index in [9.17, 15) is 0 Å². The third-order valence-electron chi connectivity index (χ3n) is 2.06. The van der Waals surface area contributed by atoms with E-state index in [1.807, 2.05) is 25.1 Å². The van der Waals surface area contributed by atoms with Crippen LogP contribution >= 0.6 is 15.9 Å². The Morgan fingerprint density at radius 1 is 1.56 bits per heavy atom. The zero-order valence-electron chi connectivity index (χ0n) is 9.37. The van der Waals surface area contributed by atoms with E-state index in [0.717, 1.165) is 16.6 Å². The lowest BCUT2D eigenvalue weighted by molar-refractivity contribution is 0.325. The second-order valence-electron chi connectivity index (χ2n) is 3.75. The van der Waals surface area contributed by atoms with Gasteiger partial charge in [0.05, 0.1) is 11.1 Å². The van der Waals surface area contributed by atoms with Crippen LogP contribution in [0, 0.1) is 12.3 Å². The first-order valence-electron chi connectivity index (χ1n) is 5.23. The lowest BCUT2D eigenvalue weighted by Crippen LogP contribution is -2.17. The number of hydrogen-bond acceptors (Lipinski definition) is 2. The highest BCUT2D eigenvalue weighted by atomic mass is 79.9. The average molecular weight is 282 g/mol. The van der Waals surface area contributed by atoms with Gasteiger partial charge in [0.2, 0.25) is 0 Å². The van der Waals surface area contributed by atoms with Crippen LogP contribution in [0.25, 0.3) is 0 Å². The molecule has 86 valence electrons. The quantitative estimate of drug-likeness (QED) is 0.665. The van der Waals surface area contributed by atoms with E-state index < -0.39 is 0 Å². The predicted molar refractivity (Wildman–Crippen MR) is 70.4 cm³/mol. The molecule has 3 heteroatoms. The first kappa shape index (κ1) is 13.1. The maximum Gasteiger partial charge on any atom is 0.133 e. The number of ether oxygens (including phenoxy) is 1. The van der Waals surface area contributed by atoms with Crippen LogP contribution < -0.4 is 10.5 Å². The van der Waals surface area contributed by atoms with Crippen molar-refractivity contribution in [1.82, 2.24) is 0 Å². The van der Waals surface area contributed by atoms with Gasteiger partial charge in [-0.2, -0.15) is 0 Å². The Bertz CT molecular complexity index is 382. The molecule has 0 radical (unpaired) electrons. The Morgan fingerprint density at radius 3 is 2.88 bits per heavy atom. The van der Waals surface area contributed by atoms with E-state index in [2.05, 4.69) is 21.9 Å². The summed E-state index contributed by atoms with van der Waals surface area (Å²) in [5, 5.41) is 0. The summed E-state index contributed by atoms with van der Waals surface area (Å²) in [5.41, 5.74) is 6.94. The van der Waals surface area contributed by atoms with Crippen molar-refractivity contribution >= 4 is 15.9 Å². The van der Waals surface area contributed by atoms with E-state index in [4.69, 9.17) is 16.9 Å². The fourth-order valence-electron chi connectivity index (χ4n) is 1.38. The lowest BCUT2D eigenvalue weighted by Gasteiger charge is -2.10. The summed E-state index contributed by atoms with van der Waals surface area (Å²) in [6.07, 6.45) is 6.64. The molecule has 0 amide bonds. The Labute approximate surface area is 105 Å². The highest BCUT2D eigenvalue weighted by Gasteiger charge is 2.04. The third kappa shape index (κ3) is 4.26. The molecule has 16 heavy (non-hydrogen) atoms. The van der Waals surface area contributed by atoms with Crippen molar-refractivity contribution in [3.63, 3.8) is 0 Å². The molecule has 0 aromatic heterocycles. The summed E-state index contributed by atoms with van der Waals surface area (Å²) in [7, 11) is 0. The zero-order chi connectivity index (χ0) is 12.0. The SMILES string of the molecule is C#CCCOc1ccc(CC(C)N)cc1Br. The van der Waals surface area contributed by atoms with Gasteiger partial charge in [0.25, 0.3) is 0 Å². The smallest absolute Gasteiger partial charge is 0.133 e. The Morgan fingerprint density at radius 2 is 2.31 bits per heavy atom. The van der Waals surface area contributed by atoms with Gasteiger partial charge in [-0.1, -0.05) is 6.07 Å². The largest absolute Gasteiger partial charge is 0.491 e. The van der Waals surface area contributed by atoms with Gasteiger partial charge in [-0.15, -0.1) is 12.3 Å². The van der Waals surface area contributed by atoms with Gasteiger partial charge < -0.3 is 10.5 Å². The number of hydrogen-bond donors (Lipinski definition) is 1. The highest BCUT2D eigenvalue weighted by Crippen LogP contribution is 2.26. The first-order chi connectivity index (χ1) is 7.63. The normalized spacial score (nSPS) is 11.9. The minimum absolute atomic E-state index is 0.167. The van der Waals surface area contributed by atoms with E-state index in [0.29, 0.717) is 13.0 Å². The summed E-state index contributed by atoms with van der Waals surface area (Å²) in [6, 6.07) is 6.17. The van der Waals surface area contributed by atoms with Gasteiger partial charge in [-0.05, 0) is 47.0 Å². The highest BCUT2D eigenvalue weighted by molar-refractivity contribution is 9.10. The second kappa shape index (κ2) is 6.57. The summed E-state index contributed by atoms with van der Waals surface area (Å²) < 4.78 is 6.46. The number of nitrogens with two attached hydrogens (primary N) is 1. The third-order valence-corrected chi connectivity index (χ3v) is 2.68. The first-order valence-corrected chi connectivity index (χ1v) is 6.03. The molecular formula is C13H16BrNO. The molecule has 2 nitrogen and oxygen atoms in total. The molecule has 0 fully saturated rings. The lowest BCUT2D eigenvalue weighted by atomic mass is 10.1. The van der Waals surface area contributed by atoms with E-state index >= 15 is 0 Å². The van der Waals surface area contributed by atoms with Crippen molar-refractivity contribution in [2.75, 3.05) is 6.61 Å². The molecule has 1 unspecified atom stereocenters. The fraction of sp³-hybridized carbons (Fsp3) is 0.385. The van der Waals surface area contributed by atoms with Crippen LogP contribution in [-0.2, 0) is 6.42 Å². The van der Waals surface area contributed by atoms with Crippen molar-refractivity contribution in [3.8, 4) is 18.1 Å². The van der Waals surface area contributed by atoms with E-state index in [1.165, 1.54) is 5.56 Å². The molecule has 0 saturated heterocycles. The monoisotopic (exact) mass is 281 g/mol. The molecule has 0 saturated carbocycles. The van der Waals surface area contributed by atoms with Crippen molar-refractivity contribution in [2.45, 2.75) is 25.8 Å². The van der Waals surface area contributed by atoms with E-state index in [1.54, 1.807) is 0 Å². The minimum Gasteiger partial charge on any atom is -0.491 e. The maximum atomic E-state index is 5.74. The molecule has 0 aliphatic heterocycles. The van der Waals surface area contributed by atoms with Gasteiger partial charge in [0, 0.05) is 12.5 Å². The average Bonchev–Trinajstić information content (AvgIpc) is 2.20. The topological polar surface area (TPSA) is 35.2 Å². The van der Waals surface area contributed by atoms with Crippen LogP contribution in [0.4, 0.5) is 0 Å². The molecule has 1 rings (SSSR count). The van der Waals surface area contributed by atoms with Crippen LogP contribution in [0.5, 0.6) is 5.75 Å². The molecule has 1 aromatic carbocycles. The zero-order valence-corrected chi connectivity index (χ0v) is 11.0. The van der Waals surface area contributed by atoms with Crippen LogP contribution in [-0.4, -0.2) is 12.6 Å². The van der Waals surface area contributed by atoms with Gasteiger partial charge >= 0.3 is 0 Å². The summed E-state index contributed by atoms with van der Waals surface area (Å²) in [4.78, 5) is 0. The summed E-state index contributed by atoms with van der Waals surface area (Å²) >= 11 is 3.47. The van der Waals surface area contributed by atoms with Crippen molar-refractivity contribution in [3.05, 3.63) is 28.2 Å². The molecule has 1 atom stereocenters. The molecule has 0 heterocycles. The Kier molecular flexibility index (Phi) is 5.37. The Hall–Kier alpha value is -0.980. The number of halogens is 1.